The molecule has 1 amide bonds. The van der Waals surface area contributed by atoms with Gasteiger partial charge in [-0.1, -0.05) is 0 Å². The van der Waals surface area contributed by atoms with Gasteiger partial charge in [0.15, 0.2) is 0 Å². The summed E-state index contributed by atoms with van der Waals surface area (Å²) in [6.07, 6.45) is 2.05. The van der Waals surface area contributed by atoms with Crippen molar-refractivity contribution in [1.82, 2.24) is 4.90 Å². The molecule has 114 valence electrons. The van der Waals surface area contributed by atoms with E-state index in [9.17, 15) is 14.7 Å². The molecule has 2 saturated heterocycles. The second-order valence-electron chi connectivity index (χ2n) is 5.99. The van der Waals surface area contributed by atoms with E-state index in [1.54, 1.807) is 18.7 Å². The maximum Gasteiger partial charge on any atom is 0.311 e. The smallest absolute Gasteiger partial charge is 0.311 e. The SMILES string of the molecule is C[C@H](OC[C@H]1CCCO1)C(=O)N1CC[C@@](C)(C(=O)O)C1. The third-order valence-corrected chi connectivity index (χ3v) is 4.21. The van der Waals surface area contributed by atoms with Crippen molar-refractivity contribution >= 4 is 11.9 Å². The maximum absolute atomic E-state index is 12.2. The number of aliphatic carboxylic acids is 1. The Morgan fingerprint density at radius 2 is 2.30 bits per heavy atom. The summed E-state index contributed by atoms with van der Waals surface area (Å²) in [5, 5.41) is 9.17. The van der Waals surface area contributed by atoms with Gasteiger partial charge in [-0.15, -0.1) is 0 Å². The second-order valence-corrected chi connectivity index (χ2v) is 5.99. The highest BCUT2D eigenvalue weighted by Crippen LogP contribution is 2.30. The Labute approximate surface area is 119 Å². The van der Waals surface area contributed by atoms with Crippen molar-refractivity contribution in [3.8, 4) is 0 Å². The number of carbonyl (C=O) groups excluding carboxylic acids is 1. The zero-order valence-electron chi connectivity index (χ0n) is 12.1. The summed E-state index contributed by atoms with van der Waals surface area (Å²) in [7, 11) is 0. The quantitative estimate of drug-likeness (QED) is 0.812. The summed E-state index contributed by atoms with van der Waals surface area (Å²) in [6, 6.07) is 0. The molecule has 2 fully saturated rings. The van der Waals surface area contributed by atoms with Gasteiger partial charge >= 0.3 is 5.97 Å². The van der Waals surface area contributed by atoms with Crippen LogP contribution in [0, 0.1) is 5.41 Å². The summed E-state index contributed by atoms with van der Waals surface area (Å²) < 4.78 is 11.0. The van der Waals surface area contributed by atoms with E-state index in [4.69, 9.17) is 9.47 Å². The molecular weight excluding hydrogens is 262 g/mol. The van der Waals surface area contributed by atoms with Gasteiger partial charge in [-0.3, -0.25) is 9.59 Å². The van der Waals surface area contributed by atoms with E-state index in [0.29, 0.717) is 19.6 Å². The van der Waals surface area contributed by atoms with Crippen LogP contribution < -0.4 is 0 Å². The summed E-state index contributed by atoms with van der Waals surface area (Å²) in [5.41, 5.74) is -0.829. The van der Waals surface area contributed by atoms with Crippen LogP contribution in [0.4, 0.5) is 0 Å². The first-order valence-electron chi connectivity index (χ1n) is 7.18. The number of hydrogen-bond donors (Lipinski definition) is 1. The monoisotopic (exact) mass is 285 g/mol. The van der Waals surface area contributed by atoms with E-state index in [2.05, 4.69) is 0 Å². The summed E-state index contributed by atoms with van der Waals surface area (Å²) >= 11 is 0. The molecule has 0 unspecified atom stereocenters. The van der Waals surface area contributed by atoms with E-state index >= 15 is 0 Å². The molecule has 0 spiro atoms. The van der Waals surface area contributed by atoms with Crippen LogP contribution in [0.1, 0.15) is 33.1 Å². The minimum Gasteiger partial charge on any atom is -0.481 e. The number of carbonyl (C=O) groups is 2. The van der Waals surface area contributed by atoms with E-state index < -0.39 is 17.5 Å². The van der Waals surface area contributed by atoms with Crippen molar-refractivity contribution in [2.75, 3.05) is 26.3 Å². The molecule has 6 nitrogen and oxygen atoms in total. The standard InChI is InChI=1S/C14H23NO5/c1-10(20-8-11-4-3-7-19-11)12(16)15-6-5-14(2,9-15)13(17)18/h10-11H,3-9H2,1-2H3,(H,17,18)/t10-,11+,14+/m0/s1. The van der Waals surface area contributed by atoms with Crippen LogP contribution in [-0.2, 0) is 19.1 Å². The lowest BCUT2D eigenvalue weighted by Gasteiger charge is -2.23. The van der Waals surface area contributed by atoms with E-state index in [1.165, 1.54) is 0 Å². The second kappa shape index (κ2) is 6.10. The Bertz CT molecular complexity index is 380. The van der Waals surface area contributed by atoms with Crippen LogP contribution in [-0.4, -0.2) is 60.4 Å². The number of ether oxygens (including phenoxy) is 2. The number of rotatable bonds is 5. The molecule has 20 heavy (non-hydrogen) atoms. The van der Waals surface area contributed by atoms with Crippen molar-refractivity contribution in [2.45, 2.75) is 45.3 Å². The van der Waals surface area contributed by atoms with Gasteiger partial charge in [0, 0.05) is 19.7 Å². The van der Waals surface area contributed by atoms with Gasteiger partial charge in [0.05, 0.1) is 18.1 Å². The molecule has 0 bridgehead atoms. The molecule has 0 saturated carbocycles. The average Bonchev–Trinajstić information content (AvgIpc) is 3.05. The van der Waals surface area contributed by atoms with Crippen molar-refractivity contribution in [2.24, 2.45) is 5.41 Å². The zero-order valence-corrected chi connectivity index (χ0v) is 12.1. The van der Waals surface area contributed by atoms with Crippen LogP contribution in [0.5, 0.6) is 0 Å². The molecule has 2 aliphatic heterocycles. The molecule has 0 aromatic heterocycles. The number of likely N-dealkylation sites (tertiary alicyclic amines) is 1. The fraction of sp³-hybridized carbons (Fsp3) is 0.857. The molecule has 3 atom stereocenters. The molecule has 1 N–H and O–H groups in total. The molecule has 2 aliphatic rings. The third-order valence-electron chi connectivity index (χ3n) is 4.21. The van der Waals surface area contributed by atoms with Crippen LogP contribution in [0.2, 0.25) is 0 Å². The van der Waals surface area contributed by atoms with Gasteiger partial charge in [0.25, 0.3) is 5.91 Å². The van der Waals surface area contributed by atoms with Gasteiger partial charge < -0.3 is 19.5 Å². The minimum absolute atomic E-state index is 0.0908. The maximum atomic E-state index is 12.2. The predicted molar refractivity (Wildman–Crippen MR) is 71.3 cm³/mol. The van der Waals surface area contributed by atoms with Gasteiger partial charge in [0.1, 0.15) is 6.10 Å². The van der Waals surface area contributed by atoms with Crippen molar-refractivity contribution in [3.05, 3.63) is 0 Å². The normalized spacial score (nSPS) is 31.5. The molecule has 0 radical (unpaired) electrons. The molecule has 6 heteroatoms. The highest BCUT2D eigenvalue weighted by Gasteiger charge is 2.43. The molecular formula is C14H23NO5. The summed E-state index contributed by atoms with van der Waals surface area (Å²) in [6.45, 7) is 5.33. The Hall–Kier alpha value is -1.14. The topological polar surface area (TPSA) is 76.1 Å². The fourth-order valence-electron chi connectivity index (χ4n) is 2.68. The number of hydrogen-bond acceptors (Lipinski definition) is 4. The van der Waals surface area contributed by atoms with Gasteiger partial charge in [-0.25, -0.2) is 0 Å². The van der Waals surface area contributed by atoms with Crippen molar-refractivity contribution in [1.29, 1.82) is 0 Å². The third kappa shape index (κ3) is 3.30. The Balaban J connectivity index is 1.80. The van der Waals surface area contributed by atoms with Crippen molar-refractivity contribution < 1.29 is 24.2 Å². The number of carboxylic acid groups (broad SMARTS) is 1. The Morgan fingerprint density at radius 1 is 1.55 bits per heavy atom. The zero-order chi connectivity index (χ0) is 14.8. The van der Waals surface area contributed by atoms with Gasteiger partial charge in [0.2, 0.25) is 0 Å². The van der Waals surface area contributed by atoms with Gasteiger partial charge in [-0.2, -0.15) is 0 Å². The molecule has 0 aromatic rings. The summed E-state index contributed by atoms with van der Waals surface area (Å²) in [4.78, 5) is 25.0. The Morgan fingerprint density at radius 3 is 2.85 bits per heavy atom. The average molecular weight is 285 g/mol. The van der Waals surface area contributed by atoms with Crippen molar-refractivity contribution in [3.63, 3.8) is 0 Å². The number of carboxylic acids is 1. The van der Waals surface area contributed by atoms with E-state index in [1.807, 2.05) is 0 Å². The van der Waals surface area contributed by atoms with Crippen LogP contribution in [0.3, 0.4) is 0 Å². The van der Waals surface area contributed by atoms with E-state index in [0.717, 1.165) is 19.4 Å². The largest absolute Gasteiger partial charge is 0.481 e. The lowest BCUT2D eigenvalue weighted by molar-refractivity contribution is -0.149. The lowest BCUT2D eigenvalue weighted by atomic mass is 9.90. The fourth-order valence-corrected chi connectivity index (χ4v) is 2.68. The van der Waals surface area contributed by atoms with E-state index in [-0.39, 0.29) is 18.6 Å². The minimum atomic E-state index is -0.847. The van der Waals surface area contributed by atoms with Crippen LogP contribution in [0.15, 0.2) is 0 Å². The van der Waals surface area contributed by atoms with Crippen LogP contribution >= 0.6 is 0 Å². The molecule has 0 aliphatic carbocycles. The Kier molecular flexibility index (Phi) is 4.65. The first-order valence-corrected chi connectivity index (χ1v) is 7.18. The van der Waals surface area contributed by atoms with Gasteiger partial charge in [-0.05, 0) is 33.1 Å². The highest BCUT2D eigenvalue weighted by atomic mass is 16.5. The number of amides is 1. The lowest BCUT2D eigenvalue weighted by Crippen LogP contribution is -2.40. The summed E-state index contributed by atoms with van der Waals surface area (Å²) in [5.74, 6) is -0.978. The molecule has 0 aromatic carbocycles. The first-order chi connectivity index (χ1) is 9.42. The molecule has 2 rings (SSSR count). The highest BCUT2D eigenvalue weighted by molar-refractivity contribution is 5.83. The van der Waals surface area contributed by atoms with Crippen LogP contribution in [0.25, 0.3) is 0 Å². The predicted octanol–water partition coefficient (Wildman–Crippen LogP) is 0.894. The first kappa shape index (κ1) is 15.3. The molecule has 2 heterocycles. The number of nitrogens with zero attached hydrogens (tertiary/aromatic N) is 1.